The minimum Gasteiger partial charge on any atom is -0.316 e. The number of nitrogens with one attached hydrogen (secondary N) is 1. The van der Waals surface area contributed by atoms with Crippen molar-refractivity contribution in [1.29, 1.82) is 0 Å². The highest BCUT2D eigenvalue weighted by molar-refractivity contribution is 5.12. The van der Waals surface area contributed by atoms with Crippen LogP contribution in [0.15, 0.2) is 0 Å². The van der Waals surface area contributed by atoms with Crippen LogP contribution < -0.4 is 5.48 Å². The van der Waals surface area contributed by atoms with Crippen LogP contribution in [0, 0.1) is 5.92 Å². The van der Waals surface area contributed by atoms with Crippen LogP contribution in [0.25, 0.3) is 0 Å². The minimum absolute atomic E-state index is 0.213. The van der Waals surface area contributed by atoms with Crippen molar-refractivity contribution in [1.82, 2.24) is 5.48 Å². The maximum atomic E-state index is 8.43. The van der Waals surface area contributed by atoms with Crippen LogP contribution in [0.1, 0.15) is 19.3 Å². The standard InChI is InChI=1S/C5H9NO/c7-6-5-1-4(2-5)3-5/h4,6-7H,1-3H2. The summed E-state index contributed by atoms with van der Waals surface area (Å²) >= 11 is 0. The van der Waals surface area contributed by atoms with E-state index in [9.17, 15) is 0 Å². The van der Waals surface area contributed by atoms with Crippen molar-refractivity contribution in [2.45, 2.75) is 24.8 Å². The molecule has 3 saturated carbocycles. The molecule has 0 aromatic carbocycles. The van der Waals surface area contributed by atoms with Crippen LogP contribution in [0.3, 0.4) is 0 Å². The average Bonchev–Trinajstić information content (AvgIpc) is 1.25. The molecule has 0 aromatic heterocycles. The first-order chi connectivity index (χ1) is 3.35. The van der Waals surface area contributed by atoms with E-state index < -0.39 is 0 Å². The van der Waals surface area contributed by atoms with Gasteiger partial charge in [-0.2, -0.15) is 5.48 Å². The van der Waals surface area contributed by atoms with Gasteiger partial charge in [0.2, 0.25) is 0 Å². The minimum atomic E-state index is 0.213. The maximum absolute atomic E-state index is 8.43. The molecule has 2 N–H and O–H groups in total. The van der Waals surface area contributed by atoms with Gasteiger partial charge in [0.05, 0.1) is 0 Å². The molecule has 0 radical (unpaired) electrons. The summed E-state index contributed by atoms with van der Waals surface area (Å²) in [6.45, 7) is 0. The van der Waals surface area contributed by atoms with Gasteiger partial charge >= 0.3 is 0 Å². The number of hydroxylamine groups is 1. The highest BCUT2D eigenvalue weighted by Crippen LogP contribution is 2.56. The van der Waals surface area contributed by atoms with E-state index in [0.29, 0.717) is 0 Å². The Balaban J connectivity index is 2.03. The molecular formula is C5H9NO. The topological polar surface area (TPSA) is 32.3 Å². The van der Waals surface area contributed by atoms with Crippen LogP contribution in [-0.2, 0) is 0 Å². The smallest absolute Gasteiger partial charge is 0.0438 e. The van der Waals surface area contributed by atoms with Gasteiger partial charge in [0, 0.05) is 5.54 Å². The fourth-order valence-corrected chi connectivity index (χ4v) is 1.62. The molecule has 0 aliphatic heterocycles. The van der Waals surface area contributed by atoms with E-state index in [1.54, 1.807) is 0 Å². The Bertz CT molecular complexity index is 79.2. The Labute approximate surface area is 42.5 Å². The van der Waals surface area contributed by atoms with Crippen LogP contribution in [0.2, 0.25) is 0 Å². The zero-order chi connectivity index (χ0) is 4.91. The summed E-state index contributed by atoms with van der Waals surface area (Å²) < 4.78 is 0. The van der Waals surface area contributed by atoms with E-state index in [2.05, 4.69) is 5.48 Å². The number of hydrogen-bond donors (Lipinski definition) is 2. The largest absolute Gasteiger partial charge is 0.316 e. The molecule has 3 rings (SSSR count). The molecule has 3 aliphatic carbocycles. The lowest BCUT2D eigenvalue weighted by atomic mass is 9.50. The Morgan fingerprint density at radius 1 is 1.43 bits per heavy atom. The number of hydrogen-bond acceptors (Lipinski definition) is 2. The maximum Gasteiger partial charge on any atom is 0.0438 e. The van der Waals surface area contributed by atoms with E-state index in [0.717, 1.165) is 5.92 Å². The van der Waals surface area contributed by atoms with E-state index in [4.69, 9.17) is 5.21 Å². The van der Waals surface area contributed by atoms with E-state index in [1.165, 1.54) is 19.3 Å². The lowest BCUT2D eigenvalue weighted by Crippen LogP contribution is -2.65. The summed E-state index contributed by atoms with van der Waals surface area (Å²) in [6, 6.07) is 0. The summed E-state index contributed by atoms with van der Waals surface area (Å²) in [7, 11) is 0. The third-order valence-electron chi connectivity index (χ3n) is 2.28. The molecule has 0 atom stereocenters. The Morgan fingerprint density at radius 3 is 2.00 bits per heavy atom. The van der Waals surface area contributed by atoms with Gasteiger partial charge in [-0.05, 0) is 25.2 Å². The lowest BCUT2D eigenvalue weighted by Gasteiger charge is -2.60. The normalized spacial score (nSPS) is 55.3. The third-order valence-corrected chi connectivity index (χ3v) is 2.28. The molecule has 7 heavy (non-hydrogen) atoms. The predicted octanol–water partition coefficient (Wildman–Crippen LogP) is 0.518. The first kappa shape index (κ1) is 3.87. The lowest BCUT2D eigenvalue weighted by molar-refractivity contribution is -0.126. The van der Waals surface area contributed by atoms with Gasteiger partial charge in [-0.1, -0.05) is 0 Å². The Kier molecular flexibility index (Phi) is 0.474. The molecular weight excluding hydrogens is 90.1 g/mol. The van der Waals surface area contributed by atoms with Crippen molar-refractivity contribution in [2.24, 2.45) is 5.92 Å². The van der Waals surface area contributed by atoms with Crippen LogP contribution in [0.4, 0.5) is 0 Å². The molecule has 0 unspecified atom stereocenters. The third kappa shape index (κ3) is 0.283. The molecule has 2 nitrogen and oxygen atoms in total. The molecule has 0 aromatic rings. The summed E-state index contributed by atoms with van der Waals surface area (Å²) in [5, 5.41) is 8.43. The van der Waals surface area contributed by atoms with Crippen LogP contribution >= 0.6 is 0 Å². The van der Waals surface area contributed by atoms with E-state index >= 15 is 0 Å². The summed E-state index contributed by atoms with van der Waals surface area (Å²) in [4.78, 5) is 0. The average molecular weight is 99.1 g/mol. The Morgan fingerprint density at radius 2 is 2.00 bits per heavy atom. The van der Waals surface area contributed by atoms with Crippen molar-refractivity contribution < 1.29 is 5.21 Å². The first-order valence-electron chi connectivity index (χ1n) is 2.76. The van der Waals surface area contributed by atoms with Crippen molar-refractivity contribution in [2.75, 3.05) is 0 Å². The molecule has 2 heteroatoms. The highest BCUT2D eigenvalue weighted by Gasteiger charge is 2.56. The zero-order valence-corrected chi connectivity index (χ0v) is 4.15. The highest BCUT2D eigenvalue weighted by atomic mass is 16.5. The van der Waals surface area contributed by atoms with Gasteiger partial charge in [-0.25, -0.2) is 0 Å². The predicted molar refractivity (Wildman–Crippen MR) is 25.0 cm³/mol. The first-order valence-corrected chi connectivity index (χ1v) is 2.76. The van der Waals surface area contributed by atoms with Crippen LogP contribution in [-0.4, -0.2) is 10.7 Å². The molecule has 40 valence electrons. The zero-order valence-electron chi connectivity index (χ0n) is 4.15. The van der Waals surface area contributed by atoms with Gasteiger partial charge < -0.3 is 5.21 Å². The second-order valence-electron chi connectivity index (χ2n) is 2.87. The van der Waals surface area contributed by atoms with Gasteiger partial charge in [-0.3, -0.25) is 0 Å². The summed E-state index contributed by atoms with van der Waals surface area (Å²) in [5.41, 5.74) is 2.56. The van der Waals surface area contributed by atoms with Crippen molar-refractivity contribution in [3.05, 3.63) is 0 Å². The van der Waals surface area contributed by atoms with Crippen LogP contribution in [0.5, 0.6) is 0 Å². The molecule has 0 amide bonds. The SMILES string of the molecule is ONC12CC(C1)C2. The van der Waals surface area contributed by atoms with E-state index in [1.807, 2.05) is 0 Å². The van der Waals surface area contributed by atoms with Crippen molar-refractivity contribution in [3.8, 4) is 0 Å². The van der Waals surface area contributed by atoms with Gasteiger partial charge in [0.15, 0.2) is 0 Å². The quantitative estimate of drug-likeness (QED) is 0.470. The summed E-state index contributed by atoms with van der Waals surface area (Å²) in [6.07, 6.45) is 3.64. The van der Waals surface area contributed by atoms with Gasteiger partial charge in [0.1, 0.15) is 0 Å². The second kappa shape index (κ2) is 0.858. The van der Waals surface area contributed by atoms with E-state index in [-0.39, 0.29) is 5.54 Å². The van der Waals surface area contributed by atoms with Gasteiger partial charge in [-0.15, -0.1) is 0 Å². The molecule has 2 bridgehead atoms. The molecule has 3 fully saturated rings. The van der Waals surface area contributed by atoms with Crippen molar-refractivity contribution in [3.63, 3.8) is 0 Å². The molecule has 0 saturated heterocycles. The molecule has 3 aliphatic rings. The number of rotatable bonds is 1. The van der Waals surface area contributed by atoms with Crippen molar-refractivity contribution >= 4 is 0 Å². The second-order valence-corrected chi connectivity index (χ2v) is 2.87. The Hall–Kier alpha value is -0.0800. The molecule has 0 spiro atoms. The summed E-state index contributed by atoms with van der Waals surface area (Å²) in [5.74, 6) is 0.958. The fourth-order valence-electron chi connectivity index (χ4n) is 1.62. The fraction of sp³-hybridized carbons (Fsp3) is 1.00. The monoisotopic (exact) mass is 99.1 g/mol. The molecule has 0 heterocycles. The van der Waals surface area contributed by atoms with Gasteiger partial charge in [0.25, 0.3) is 0 Å².